The quantitative estimate of drug-likeness (QED) is 0.904. The molecule has 21 heavy (non-hydrogen) atoms. The highest BCUT2D eigenvalue weighted by atomic mass is 79.9. The minimum absolute atomic E-state index is 0.0920. The van der Waals surface area contributed by atoms with Gasteiger partial charge in [0.2, 0.25) is 0 Å². The molecule has 1 heterocycles. The highest BCUT2D eigenvalue weighted by Gasteiger charge is 2.31. The average molecular weight is 353 g/mol. The zero-order chi connectivity index (χ0) is 14.7. The molecule has 0 radical (unpaired) electrons. The average Bonchev–Trinajstić information content (AvgIpc) is 2.95. The van der Waals surface area contributed by atoms with Crippen molar-refractivity contribution in [2.75, 3.05) is 32.8 Å². The lowest BCUT2D eigenvalue weighted by molar-refractivity contribution is 0.0384. The monoisotopic (exact) mass is 352 g/mol. The van der Waals surface area contributed by atoms with Crippen LogP contribution in [0.4, 0.5) is 0 Å². The second-order valence-electron chi connectivity index (χ2n) is 6.37. The molecule has 1 saturated heterocycles. The first-order valence-electron chi connectivity index (χ1n) is 8.05. The van der Waals surface area contributed by atoms with Gasteiger partial charge in [-0.1, -0.05) is 40.9 Å². The van der Waals surface area contributed by atoms with Gasteiger partial charge in [0.1, 0.15) is 0 Å². The molecule has 2 aliphatic rings. The maximum absolute atomic E-state index is 6.55. The minimum Gasteiger partial charge on any atom is -0.379 e. The van der Waals surface area contributed by atoms with Crippen LogP contribution in [0, 0.1) is 0 Å². The summed E-state index contributed by atoms with van der Waals surface area (Å²) in [4.78, 5) is 2.48. The molecule has 1 aromatic rings. The SMILES string of the molecule is NC1(c2ccc(CCN3CCOCC3)c(Br)c2)CCCC1. The van der Waals surface area contributed by atoms with E-state index in [4.69, 9.17) is 10.5 Å². The molecule has 116 valence electrons. The Balaban J connectivity index is 1.64. The van der Waals surface area contributed by atoms with Crippen LogP contribution in [0.1, 0.15) is 36.8 Å². The van der Waals surface area contributed by atoms with Crippen LogP contribution in [0.15, 0.2) is 22.7 Å². The van der Waals surface area contributed by atoms with Crippen LogP contribution in [0.25, 0.3) is 0 Å². The van der Waals surface area contributed by atoms with E-state index in [-0.39, 0.29) is 5.54 Å². The van der Waals surface area contributed by atoms with Crippen molar-refractivity contribution < 1.29 is 4.74 Å². The van der Waals surface area contributed by atoms with E-state index in [1.807, 2.05) is 0 Å². The van der Waals surface area contributed by atoms with Crippen molar-refractivity contribution >= 4 is 15.9 Å². The fourth-order valence-electron chi connectivity index (χ4n) is 3.46. The predicted molar refractivity (Wildman–Crippen MR) is 89.4 cm³/mol. The number of hydrogen-bond donors (Lipinski definition) is 1. The largest absolute Gasteiger partial charge is 0.379 e. The van der Waals surface area contributed by atoms with Crippen molar-refractivity contribution in [1.29, 1.82) is 0 Å². The molecule has 3 nitrogen and oxygen atoms in total. The highest BCUT2D eigenvalue weighted by molar-refractivity contribution is 9.10. The molecule has 3 rings (SSSR count). The lowest BCUT2D eigenvalue weighted by Crippen LogP contribution is -2.37. The van der Waals surface area contributed by atoms with Gasteiger partial charge in [-0.3, -0.25) is 4.90 Å². The first-order valence-corrected chi connectivity index (χ1v) is 8.85. The van der Waals surface area contributed by atoms with E-state index in [0.29, 0.717) is 0 Å². The standard InChI is InChI=1S/C17H25BrN2O/c18-16-13-15(17(19)6-1-2-7-17)4-3-14(16)5-8-20-9-11-21-12-10-20/h3-4,13H,1-2,5-12,19H2. The summed E-state index contributed by atoms with van der Waals surface area (Å²) in [6.07, 6.45) is 5.83. The summed E-state index contributed by atoms with van der Waals surface area (Å²) < 4.78 is 6.61. The molecule has 1 aliphatic heterocycles. The molecular formula is C17H25BrN2O. The van der Waals surface area contributed by atoms with E-state index in [0.717, 1.165) is 52.1 Å². The van der Waals surface area contributed by atoms with E-state index in [1.54, 1.807) is 0 Å². The Labute approximate surface area is 136 Å². The lowest BCUT2D eigenvalue weighted by Gasteiger charge is -2.27. The molecule has 0 bridgehead atoms. The maximum Gasteiger partial charge on any atom is 0.0594 e. The molecule has 2 fully saturated rings. The number of morpholine rings is 1. The molecule has 1 aliphatic carbocycles. The van der Waals surface area contributed by atoms with Gasteiger partial charge in [0.05, 0.1) is 13.2 Å². The number of halogens is 1. The van der Waals surface area contributed by atoms with E-state index in [1.165, 1.54) is 28.4 Å². The Morgan fingerprint density at radius 1 is 1.19 bits per heavy atom. The van der Waals surface area contributed by atoms with E-state index in [9.17, 15) is 0 Å². The van der Waals surface area contributed by atoms with Crippen LogP contribution in [-0.2, 0) is 16.7 Å². The van der Waals surface area contributed by atoms with Gasteiger partial charge >= 0.3 is 0 Å². The summed E-state index contributed by atoms with van der Waals surface area (Å²) in [5, 5.41) is 0. The molecule has 1 aromatic carbocycles. The van der Waals surface area contributed by atoms with Crippen LogP contribution in [0.3, 0.4) is 0 Å². The molecule has 2 N–H and O–H groups in total. The van der Waals surface area contributed by atoms with Gasteiger partial charge in [0.25, 0.3) is 0 Å². The summed E-state index contributed by atoms with van der Waals surface area (Å²) in [5.74, 6) is 0. The van der Waals surface area contributed by atoms with Crippen molar-refractivity contribution in [3.63, 3.8) is 0 Å². The van der Waals surface area contributed by atoms with E-state index < -0.39 is 0 Å². The second-order valence-corrected chi connectivity index (χ2v) is 7.23. The number of nitrogens with zero attached hydrogens (tertiary/aromatic N) is 1. The molecular weight excluding hydrogens is 328 g/mol. The number of ether oxygens (including phenoxy) is 1. The molecule has 4 heteroatoms. The van der Waals surface area contributed by atoms with Crippen molar-refractivity contribution in [3.05, 3.63) is 33.8 Å². The van der Waals surface area contributed by atoms with Gasteiger partial charge in [0.15, 0.2) is 0 Å². The first kappa shape index (κ1) is 15.5. The zero-order valence-electron chi connectivity index (χ0n) is 12.6. The van der Waals surface area contributed by atoms with Crippen LogP contribution < -0.4 is 5.73 Å². The lowest BCUT2D eigenvalue weighted by atomic mass is 9.89. The van der Waals surface area contributed by atoms with Crippen LogP contribution in [-0.4, -0.2) is 37.7 Å². The smallest absolute Gasteiger partial charge is 0.0594 e. The Kier molecular flexibility index (Phi) is 4.99. The fraction of sp³-hybridized carbons (Fsp3) is 0.647. The van der Waals surface area contributed by atoms with Gasteiger partial charge in [-0.15, -0.1) is 0 Å². The van der Waals surface area contributed by atoms with Crippen LogP contribution >= 0.6 is 15.9 Å². The van der Waals surface area contributed by atoms with Gasteiger partial charge in [-0.25, -0.2) is 0 Å². The van der Waals surface area contributed by atoms with Crippen molar-refractivity contribution in [1.82, 2.24) is 4.90 Å². The van der Waals surface area contributed by atoms with Gasteiger partial charge in [-0.05, 0) is 36.5 Å². The Morgan fingerprint density at radius 2 is 1.90 bits per heavy atom. The number of hydrogen-bond acceptors (Lipinski definition) is 3. The van der Waals surface area contributed by atoms with Gasteiger partial charge < -0.3 is 10.5 Å². The predicted octanol–water partition coefficient (Wildman–Crippen LogP) is 3.05. The Bertz CT molecular complexity index is 480. The third-order valence-electron chi connectivity index (χ3n) is 4.92. The fourth-order valence-corrected chi connectivity index (χ4v) is 4.03. The zero-order valence-corrected chi connectivity index (χ0v) is 14.2. The Morgan fingerprint density at radius 3 is 2.57 bits per heavy atom. The molecule has 1 saturated carbocycles. The summed E-state index contributed by atoms with van der Waals surface area (Å²) in [5.41, 5.74) is 9.13. The molecule has 0 amide bonds. The normalized spacial score (nSPS) is 22.6. The summed E-state index contributed by atoms with van der Waals surface area (Å²) in [7, 11) is 0. The number of rotatable bonds is 4. The first-order chi connectivity index (χ1) is 10.2. The van der Waals surface area contributed by atoms with E-state index >= 15 is 0 Å². The van der Waals surface area contributed by atoms with Crippen molar-refractivity contribution in [2.45, 2.75) is 37.6 Å². The summed E-state index contributed by atoms with van der Waals surface area (Å²) in [6, 6.07) is 6.75. The van der Waals surface area contributed by atoms with Gasteiger partial charge in [0, 0.05) is 29.6 Å². The van der Waals surface area contributed by atoms with Crippen LogP contribution in [0.2, 0.25) is 0 Å². The van der Waals surface area contributed by atoms with Crippen LogP contribution in [0.5, 0.6) is 0 Å². The van der Waals surface area contributed by atoms with Crippen molar-refractivity contribution in [3.8, 4) is 0 Å². The summed E-state index contributed by atoms with van der Waals surface area (Å²) in [6.45, 7) is 4.96. The van der Waals surface area contributed by atoms with E-state index in [2.05, 4.69) is 39.0 Å². The second kappa shape index (κ2) is 6.78. The molecule has 0 unspecified atom stereocenters. The van der Waals surface area contributed by atoms with Gasteiger partial charge in [-0.2, -0.15) is 0 Å². The number of benzene rings is 1. The minimum atomic E-state index is -0.0920. The highest BCUT2D eigenvalue weighted by Crippen LogP contribution is 2.37. The molecule has 0 aromatic heterocycles. The third-order valence-corrected chi connectivity index (χ3v) is 5.66. The number of nitrogens with two attached hydrogens (primary N) is 1. The maximum atomic E-state index is 6.55. The molecule has 0 spiro atoms. The summed E-state index contributed by atoms with van der Waals surface area (Å²) >= 11 is 3.74. The molecule has 0 atom stereocenters. The van der Waals surface area contributed by atoms with Crippen molar-refractivity contribution in [2.24, 2.45) is 5.73 Å². The topological polar surface area (TPSA) is 38.5 Å². The Hall–Kier alpha value is -0.420. The third kappa shape index (κ3) is 3.67.